The van der Waals surface area contributed by atoms with Gasteiger partial charge in [0.15, 0.2) is 0 Å². The largest absolute Gasteiger partial charge is 0.224 e. The van der Waals surface area contributed by atoms with Crippen LogP contribution in [0.5, 0.6) is 0 Å². The highest BCUT2D eigenvalue weighted by Crippen LogP contribution is 2.57. The molecule has 0 aliphatic heterocycles. The lowest BCUT2D eigenvalue weighted by molar-refractivity contribution is 0.592. The van der Waals surface area contributed by atoms with Crippen molar-refractivity contribution in [2.45, 2.75) is 1.52 Å². The van der Waals surface area contributed by atoms with E-state index in [4.69, 9.17) is 0 Å². The lowest BCUT2D eigenvalue weighted by atomic mass is 10.2. The van der Waals surface area contributed by atoms with Crippen molar-refractivity contribution >= 4 is 132 Å². The minimum atomic E-state index is -3.55. The molecule has 2 rings (SSSR count). The van der Waals surface area contributed by atoms with Gasteiger partial charge in [-0.2, -0.15) is 0 Å². The predicted octanol–water partition coefficient (Wildman–Crippen LogP) is 7.29. The molecule has 0 atom stereocenters. The van der Waals surface area contributed by atoms with Gasteiger partial charge in [-0.05, 0) is 126 Å². The van der Waals surface area contributed by atoms with Gasteiger partial charge in [-0.1, -0.05) is 56.1 Å². The molecule has 2 aromatic carbocycles. The van der Waals surface area contributed by atoms with Crippen molar-refractivity contribution < 1.29 is 8.42 Å². The first-order valence-corrected chi connectivity index (χ1v) is 13.4. The van der Waals surface area contributed by atoms with Crippen molar-refractivity contribution in [1.82, 2.24) is 0 Å². The van der Waals surface area contributed by atoms with Crippen LogP contribution in [0, 0.1) is 0 Å². The molecule has 0 spiro atoms. The van der Waals surface area contributed by atoms with Crippen molar-refractivity contribution in [2.75, 3.05) is 0 Å². The minimum Gasteiger partial charge on any atom is -0.224 e. The lowest BCUT2D eigenvalue weighted by Gasteiger charge is -2.30. The molecule has 0 aliphatic carbocycles. The monoisotopic (exact) mass is 905 g/mol. The number of hydrogen-bond acceptors (Lipinski definition) is 2. The highest BCUT2D eigenvalue weighted by molar-refractivity contribution is 14.2. The highest BCUT2D eigenvalue weighted by Gasteiger charge is 2.53. The maximum atomic E-state index is 13.4. The number of halogens is 6. The summed E-state index contributed by atoms with van der Waals surface area (Å²) in [5.41, 5.74) is 1.49. The molecule has 124 valence electrons. The third-order valence-electron chi connectivity index (χ3n) is 3.04. The van der Waals surface area contributed by atoms with Crippen LogP contribution in [0.15, 0.2) is 57.5 Å². The first-order chi connectivity index (χ1) is 10.5. The van der Waals surface area contributed by atoms with Crippen molar-refractivity contribution in [3.8, 4) is 0 Å². The van der Waals surface area contributed by atoms with E-state index in [2.05, 4.69) is 31.9 Å². The molecule has 0 aromatic heterocycles. The summed E-state index contributed by atoms with van der Waals surface area (Å²) in [6, 6.07) is 14.8. The van der Waals surface area contributed by atoms with E-state index in [0.717, 1.165) is 20.1 Å². The van der Waals surface area contributed by atoms with Crippen LogP contribution in [-0.2, 0) is 11.4 Å². The summed E-state index contributed by atoms with van der Waals surface area (Å²) in [7, 11) is -3.55. The van der Waals surface area contributed by atoms with Gasteiger partial charge in [-0.15, -0.1) is 0 Å². The zero-order chi connectivity index (χ0) is 17.5. The van der Waals surface area contributed by atoms with Gasteiger partial charge >= 0.3 is 0 Å². The standard InChI is InChI=1S/C14H8Br2I4O2S/c15-11-5-1-9(2-6-11)13(17,18)23(21,22)14(19,20)10-3-7-12(16)8-4-10/h1-8H. The molecule has 0 heterocycles. The second kappa shape index (κ2) is 8.10. The van der Waals surface area contributed by atoms with Gasteiger partial charge in [0.1, 0.15) is 0 Å². The third-order valence-corrected chi connectivity index (χ3v) is 15.4. The summed E-state index contributed by atoms with van der Waals surface area (Å²) < 4.78 is 26.5. The Hall–Kier alpha value is 2.27. The van der Waals surface area contributed by atoms with E-state index < -0.39 is 11.4 Å². The van der Waals surface area contributed by atoms with E-state index in [1.807, 2.05) is 139 Å². The minimum absolute atomic E-state index is 0.747. The van der Waals surface area contributed by atoms with Crippen LogP contribution in [0.1, 0.15) is 11.1 Å². The van der Waals surface area contributed by atoms with Gasteiger partial charge in [0.2, 0.25) is 11.4 Å². The first kappa shape index (κ1) is 21.6. The smallest absolute Gasteiger partial charge is 0.207 e. The molecular formula is C14H8Br2I4O2S. The van der Waals surface area contributed by atoms with E-state index in [1.54, 1.807) is 0 Å². The fraction of sp³-hybridized carbons (Fsp3) is 0.143. The maximum absolute atomic E-state index is 13.4. The Morgan fingerprint density at radius 3 is 1.17 bits per heavy atom. The molecule has 2 aromatic rings. The van der Waals surface area contributed by atoms with E-state index in [9.17, 15) is 8.42 Å². The molecule has 0 radical (unpaired) electrons. The van der Waals surface area contributed by atoms with Crippen molar-refractivity contribution in [3.63, 3.8) is 0 Å². The lowest BCUT2D eigenvalue weighted by Crippen LogP contribution is -2.34. The number of alkyl halides is 4. The Balaban J connectivity index is 2.54. The van der Waals surface area contributed by atoms with Crippen molar-refractivity contribution in [3.05, 3.63) is 68.6 Å². The quantitative estimate of drug-likeness (QED) is 0.239. The molecule has 0 amide bonds. The van der Waals surface area contributed by atoms with E-state index in [-0.39, 0.29) is 0 Å². The van der Waals surface area contributed by atoms with Gasteiger partial charge in [-0.3, -0.25) is 0 Å². The fourth-order valence-electron chi connectivity index (χ4n) is 1.76. The first-order valence-electron chi connectivity index (χ1n) is 6.02. The molecule has 0 bridgehead atoms. The van der Waals surface area contributed by atoms with Crippen LogP contribution < -0.4 is 0 Å². The summed E-state index contributed by atoms with van der Waals surface area (Å²) in [4.78, 5) is 0. The number of rotatable bonds is 4. The third kappa shape index (κ3) is 4.41. The Bertz CT molecular complexity index is 740. The second-order valence-corrected chi connectivity index (χ2v) is 22.1. The van der Waals surface area contributed by atoms with E-state index >= 15 is 0 Å². The topological polar surface area (TPSA) is 34.1 Å². The summed E-state index contributed by atoms with van der Waals surface area (Å²) in [5.74, 6) is 0. The van der Waals surface area contributed by atoms with Crippen LogP contribution in [0.4, 0.5) is 0 Å². The molecule has 0 saturated heterocycles. The number of sulfone groups is 1. The predicted molar refractivity (Wildman–Crippen MR) is 137 cm³/mol. The Kier molecular flexibility index (Phi) is 7.60. The van der Waals surface area contributed by atoms with E-state index in [0.29, 0.717) is 0 Å². The molecule has 0 saturated carbocycles. The fourth-order valence-corrected chi connectivity index (χ4v) is 14.0. The molecular weight excluding hydrogens is 900 g/mol. The second-order valence-electron chi connectivity index (χ2n) is 4.55. The Morgan fingerprint density at radius 2 is 0.913 bits per heavy atom. The molecule has 0 unspecified atom stereocenters. The normalized spacial score (nSPS) is 13.1. The molecule has 0 aliphatic rings. The number of benzene rings is 2. The molecule has 9 heteroatoms. The average Bonchev–Trinajstić information content (AvgIpc) is 2.47. The maximum Gasteiger partial charge on any atom is 0.207 e. The van der Waals surface area contributed by atoms with Crippen LogP contribution in [0.3, 0.4) is 0 Å². The van der Waals surface area contributed by atoms with Crippen molar-refractivity contribution in [2.24, 2.45) is 0 Å². The summed E-state index contributed by atoms with van der Waals surface area (Å²) >= 11 is 14.8. The van der Waals surface area contributed by atoms with Gasteiger partial charge in [0.25, 0.3) is 0 Å². The summed E-state index contributed by atoms with van der Waals surface area (Å²) in [5, 5.41) is 0. The zero-order valence-electron chi connectivity index (χ0n) is 11.1. The van der Waals surface area contributed by atoms with Gasteiger partial charge in [0, 0.05) is 8.95 Å². The van der Waals surface area contributed by atoms with Crippen LogP contribution in [0.2, 0.25) is 0 Å². The van der Waals surface area contributed by atoms with Gasteiger partial charge < -0.3 is 0 Å². The van der Waals surface area contributed by atoms with E-state index in [1.165, 1.54) is 0 Å². The van der Waals surface area contributed by atoms with Crippen LogP contribution in [-0.4, -0.2) is 8.42 Å². The number of hydrogen-bond donors (Lipinski definition) is 0. The van der Waals surface area contributed by atoms with Crippen LogP contribution in [0.25, 0.3) is 0 Å². The van der Waals surface area contributed by atoms with Gasteiger partial charge in [0.05, 0.1) is 0 Å². The molecule has 2 nitrogen and oxygen atoms in total. The highest BCUT2D eigenvalue weighted by atomic mass is 127. The van der Waals surface area contributed by atoms with Crippen molar-refractivity contribution in [1.29, 1.82) is 0 Å². The van der Waals surface area contributed by atoms with Gasteiger partial charge in [-0.25, -0.2) is 8.42 Å². The molecule has 23 heavy (non-hydrogen) atoms. The Morgan fingerprint density at radius 1 is 0.652 bits per heavy atom. The Labute approximate surface area is 207 Å². The molecule has 0 N–H and O–H groups in total. The van der Waals surface area contributed by atoms with Crippen LogP contribution >= 0.6 is 122 Å². The summed E-state index contributed by atoms with van der Waals surface area (Å²) in [6.07, 6.45) is 0. The SMILES string of the molecule is O=S(=O)(C(I)(I)c1ccc(Br)cc1)C(I)(I)c1ccc(Br)cc1. The zero-order valence-corrected chi connectivity index (χ0v) is 23.7. The summed E-state index contributed by atoms with van der Waals surface area (Å²) in [6.45, 7) is 0. The average molecular weight is 908 g/mol. The molecule has 0 fully saturated rings.